The molecule has 1 atom stereocenters. The number of carbonyl (C=O) groups is 3. The number of carboxylic acids is 1. The van der Waals surface area contributed by atoms with E-state index in [1.165, 1.54) is 28.3 Å². The smallest absolute Gasteiger partial charge is 0.323 e. The summed E-state index contributed by atoms with van der Waals surface area (Å²) < 4.78 is 16.4. The van der Waals surface area contributed by atoms with Crippen LogP contribution in [0, 0.1) is 6.92 Å². The molecule has 0 saturated heterocycles. The fraction of sp³-hybridized carbons (Fsp3) is 0.300. The third-order valence-corrected chi connectivity index (χ3v) is 6.42. The molecule has 1 unspecified atom stereocenters. The lowest BCUT2D eigenvalue weighted by Crippen LogP contribution is -2.37. The van der Waals surface area contributed by atoms with Crippen LogP contribution < -0.4 is 35.1 Å². The highest BCUT2D eigenvalue weighted by Crippen LogP contribution is 2.38. The summed E-state index contributed by atoms with van der Waals surface area (Å²) in [7, 11) is 4.51. The van der Waals surface area contributed by atoms with Gasteiger partial charge in [-0.1, -0.05) is 24.3 Å². The average Bonchev–Trinajstić information content (AvgIpc) is 2.95. The first-order valence-electron chi connectivity index (χ1n) is 12.9. The number of ether oxygens (including phenoxy) is 3. The van der Waals surface area contributed by atoms with Crippen LogP contribution in [0.2, 0.25) is 0 Å². The van der Waals surface area contributed by atoms with Crippen LogP contribution in [0.3, 0.4) is 0 Å². The molecular weight excluding hydrogens is 528 g/mol. The van der Waals surface area contributed by atoms with Crippen molar-refractivity contribution in [2.45, 2.75) is 26.3 Å². The quantitative estimate of drug-likeness (QED) is 0.232. The molecule has 3 aromatic carbocycles. The van der Waals surface area contributed by atoms with Crippen molar-refractivity contribution in [2.75, 3.05) is 50.0 Å². The fourth-order valence-electron chi connectivity index (χ4n) is 4.40. The molecule has 11 heteroatoms. The van der Waals surface area contributed by atoms with Gasteiger partial charge in [0.2, 0.25) is 5.91 Å². The second-order valence-electron chi connectivity index (χ2n) is 9.18. The summed E-state index contributed by atoms with van der Waals surface area (Å²) in [4.78, 5) is 38.2. The summed E-state index contributed by atoms with van der Waals surface area (Å²) in [5.41, 5.74) is 3.31. The summed E-state index contributed by atoms with van der Waals surface area (Å²) in [6.07, 6.45) is -0.239. The Morgan fingerprint density at radius 3 is 2.17 bits per heavy atom. The van der Waals surface area contributed by atoms with Crippen LogP contribution in [-0.4, -0.2) is 57.4 Å². The zero-order chi connectivity index (χ0) is 29.9. The topological polar surface area (TPSA) is 138 Å². The molecule has 3 aromatic rings. The van der Waals surface area contributed by atoms with E-state index in [2.05, 4.69) is 16.0 Å². The van der Waals surface area contributed by atoms with E-state index in [1.54, 1.807) is 42.5 Å². The Bertz CT molecular complexity index is 1380. The van der Waals surface area contributed by atoms with E-state index in [0.29, 0.717) is 39.9 Å². The van der Waals surface area contributed by atoms with Crippen molar-refractivity contribution in [3.05, 3.63) is 71.8 Å². The van der Waals surface area contributed by atoms with Gasteiger partial charge < -0.3 is 40.2 Å². The lowest BCUT2D eigenvalue weighted by molar-refractivity contribution is -0.137. The molecule has 0 bridgehead atoms. The molecule has 11 nitrogen and oxygen atoms in total. The number of urea groups is 1. The van der Waals surface area contributed by atoms with Crippen LogP contribution in [0.15, 0.2) is 60.7 Å². The van der Waals surface area contributed by atoms with Gasteiger partial charge >= 0.3 is 12.0 Å². The molecule has 4 N–H and O–H groups in total. The number of para-hydroxylation sites is 1. The van der Waals surface area contributed by atoms with Crippen LogP contribution >= 0.6 is 0 Å². The first-order valence-corrected chi connectivity index (χ1v) is 12.9. The fourth-order valence-corrected chi connectivity index (χ4v) is 4.40. The van der Waals surface area contributed by atoms with Crippen molar-refractivity contribution in [3.63, 3.8) is 0 Å². The molecule has 0 saturated carbocycles. The largest absolute Gasteiger partial charge is 0.494 e. The number of rotatable bonds is 13. The van der Waals surface area contributed by atoms with Crippen molar-refractivity contribution < 1.29 is 33.7 Å². The standard InChI is InChI=1S/C30H36N4O7/c1-19-8-6-7-9-23(19)32-30(38)33-24-12-11-22(17-27(24)40-4)34(15-14-31-20(2)35)25(18-29(36)37)21-10-13-26(39-3)28(16-21)41-5/h6-13,16-17,25H,14-15,18H2,1-5H3,(H,31,35)(H,36,37)(H2,32,33,38). The molecule has 3 rings (SSSR count). The molecule has 0 heterocycles. The minimum atomic E-state index is -1.01. The third kappa shape index (κ3) is 8.28. The van der Waals surface area contributed by atoms with Gasteiger partial charge in [0.25, 0.3) is 0 Å². The SMILES string of the molecule is COc1cc(N(CCNC(C)=O)C(CC(=O)O)c2ccc(OC)c(OC)c2)ccc1NC(=O)Nc1ccccc1C. The average molecular weight is 565 g/mol. The summed E-state index contributed by atoms with van der Waals surface area (Å²) in [6.45, 7) is 3.86. The van der Waals surface area contributed by atoms with Crippen LogP contribution in [-0.2, 0) is 9.59 Å². The molecule has 0 radical (unpaired) electrons. The van der Waals surface area contributed by atoms with E-state index in [-0.39, 0.29) is 25.4 Å². The summed E-state index contributed by atoms with van der Waals surface area (Å²) >= 11 is 0. The Hall–Kier alpha value is -4.93. The third-order valence-electron chi connectivity index (χ3n) is 6.42. The number of nitrogens with one attached hydrogen (secondary N) is 3. The summed E-state index contributed by atoms with van der Waals surface area (Å²) in [6, 6.07) is 16.7. The first-order chi connectivity index (χ1) is 19.7. The van der Waals surface area contributed by atoms with Gasteiger partial charge in [0, 0.05) is 37.5 Å². The predicted molar refractivity (Wildman–Crippen MR) is 157 cm³/mol. The van der Waals surface area contributed by atoms with Crippen LogP contribution in [0.4, 0.5) is 21.9 Å². The van der Waals surface area contributed by atoms with E-state index in [1.807, 2.05) is 30.0 Å². The maximum absolute atomic E-state index is 12.7. The van der Waals surface area contributed by atoms with Crippen molar-refractivity contribution in [1.82, 2.24) is 5.32 Å². The minimum Gasteiger partial charge on any atom is -0.494 e. The zero-order valence-electron chi connectivity index (χ0n) is 23.8. The van der Waals surface area contributed by atoms with Gasteiger partial charge in [0.05, 0.1) is 39.5 Å². The van der Waals surface area contributed by atoms with Gasteiger partial charge in [0.15, 0.2) is 11.5 Å². The van der Waals surface area contributed by atoms with Crippen LogP contribution in [0.5, 0.6) is 17.2 Å². The molecule has 0 aliphatic rings. The predicted octanol–water partition coefficient (Wildman–Crippen LogP) is 4.82. The maximum Gasteiger partial charge on any atom is 0.323 e. The molecule has 218 valence electrons. The number of hydrogen-bond donors (Lipinski definition) is 4. The van der Waals surface area contributed by atoms with E-state index in [0.717, 1.165) is 5.56 Å². The van der Waals surface area contributed by atoms with E-state index < -0.39 is 18.0 Å². The Morgan fingerprint density at radius 2 is 1.54 bits per heavy atom. The second-order valence-corrected chi connectivity index (χ2v) is 9.18. The molecular formula is C30H36N4O7. The minimum absolute atomic E-state index is 0.206. The number of nitrogens with zero attached hydrogens (tertiary/aromatic N) is 1. The number of carboxylic acid groups (broad SMARTS) is 1. The van der Waals surface area contributed by atoms with E-state index in [9.17, 15) is 19.5 Å². The number of carbonyl (C=O) groups excluding carboxylic acids is 2. The highest BCUT2D eigenvalue weighted by molar-refractivity contribution is 6.01. The number of anilines is 3. The van der Waals surface area contributed by atoms with Crippen LogP contribution in [0.25, 0.3) is 0 Å². The second kappa shape index (κ2) is 14.5. The Morgan fingerprint density at radius 1 is 0.854 bits per heavy atom. The number of aryl methyl sites for hydroxylation is 1. The molecule has 0 aromatic heterocycles. The lowest BCUT2D eigenvalue weighted by Gasteiger charge is -2.34. The number of methoxy groups -OCH3 is 3. The van der Waals surface area contributed by atoms with Gasteiger partial charge in [-0.25, -0.2) is 4.79 Å². The molecule has 3 amide bonds. The number of hydrogen-bond acceptors (Lipinski definition) is 7. The number of aliphatic carboxylic acids is 1. The van der Waals surface area contributed by atoms with Gasteiger partial charge in [-0.05, 0) is 48.4 Å². The Balaban J connectivity index is 1.98. The highest BCUT2D eigenvalue weighted by Gasteiger charge is 2.26. The van der Waals surface area contributed by atoms with E-state index >= 15 is 0 Å². The van der Waals surface area contributed by atoms with Gasteiger partial charge in [0.1, 0.15) is 5.75 Å². The number of benzene rings is 3. The normalized spacial score (nSPS) is 11.1. The van der Waals surface area contributed by atoms with Crippen molar-refractivity contribution >= 4 is 35.0 Å². The highest BCUT2D eigenvalue weighted by atomic mass is 16.5. The molecule has 41 heavy (non-hydrogen) atoms. The summed E-state index contributed by atoms with van der Waals surface area (Å²) in [5.74, 6) is 0.124. The van der Waals surface area contributed by atoms with E-state index in [4.69, 9.17) is 14.2 Å². The Labute approximate surface area is 239 Å². The lowest BCUT2D eigenvalue weighted by atomic mass is 10.00. The zero-order valence-corrected chi connectivity index (χ0v) is 23.8. The molecule has 0 aliphatic heterocycles. The number of amides is 3. The molecule has 0 spiro atoms. The van der Waals surface area contributed by atoms with Gasteiger partial charge in [-0.3, -0.25) is 9.59 Å². The summed E-state index contributed by atoms with van der Waals surface area (Å²) in [5, 5.41) is 18.2. The monoisotopic (exact) mass is 564 g/mol. The molecule has 0 fully saturated rings. The first kappa shape index (κ1) is 30.6. The van der Waals surface area contributed by atoms with Crippen molar-refractivity contribution in [3.8, 4) is 17.2 Å². The van der Waals surface area contributed by atoms with Crippen LogP contribution in [0.1, 0.15) is 30.5 Å². The maximum atomic E-state index is 12.7. The van der Waals surface area contributed by atoms with Gasteiger partial charge in [-0.2, -0.15) is 0 Å². The van der Waals surface area contributed by atoms with Gasteiger partial charge in [-0.15, -0.1) is 0 Å². The van der Waals surface area contributed by atoms with Crippen molar-refractivity contribution in [1.29, 1.82) is 0 Å². The van der Waals surface area contributed by atoms with Crippen molar-refractivity contribution in [2.24, 2.45) is 0 Å². The molecule has 0 aliphatic carbocycles. The Kier molecular flexibility index (Phi) is 10.8.